The molecule has 1 aromatic heterocycles. The molecule has 4 nitrogen and oxygen atoms in total. The number of sulfone groups is 1. The Morgan fingerprint density at radius 3 is 2.29 bits per heavy atom. The third-order valence-corrected chi connectivity index (χ3v) is 9.17. The number of benzene rings is 1. The smallest absolute Gasteiger partial charge is 0.226 e. The van der Waals surface area contributed by atoms with Crippen molar-refractivity contribution in [2.45, 2.75) is 44.8 Å². The molecule has 1 aliphatic heterocycles. The predicted octanol–water partition coefficient (Wildman–Crippen LogP) is 4.41. The van der Waals surface area contributed by atoms with Gasteiger partial charge in [-0.3, -0.25) is 4.79 Å². The molecule has 0 atom stereocenters. The Morgan fingerprint density at radius 2 is 1.75 bits per heavy atom. The van der Waals surface area contributed by atoms with Gasteiger partial charge in [-0.15, -0.1) is 11.3 Å². The zero-order valence-corrected chi connectivity index (χ0v) is 18.5. The molecule has 2 aromatic rings. The van der Waals surface area contributed by atoms with Gasteiger partial charge in [0.15, 0.2) is 9.84 Å². The van der Waals surface area contributed by atoms with Crippen molar-refractivity contribution in [3.8, 4) is 10.4 Å². The standard InChI is InChI=1S/C22H29NO3S2/c1-22(2,3)28(25,26)16-18-10-12-23(13-11-18)21(24)15-17-6-8-19(9-7-17)20-5-4-14-27-20/h4-9,14,18H,10-13,15-16H2,1-3H3. The van der Waals surface area contributed by atoms with Gasteiger partial charge < -0.3 is 4.90 Å². The van der Waals surface area contributed by atoms with Crippen molar-refractivity contribution >= 4 is 27.1 Å². The molecule has 1 fully saturated rings. The Hall–Kier alpha value is -1.66. The van der Waals surface area contributed by atoms with E-state index in [1.54, 1.807) is 32.1 Å². The highest BCUT2D eigenvalue weighted by Crippen LogP contribution is 2.26. The first-order valence-electron chi connectivity index (χ1n) is 9.78. The fourth-order valence-electron chi connectivity index (χ4n) is 3.43. The lowest BCUT2D eigenvalue weighted by Crippen LogP contribution is -2.42. The average molecular weight is 420 g/mol. The van der Waals surface area contributed by atoms with Crippen LogP contribution >= 0.6 is 11.3 Å². The molecule has 3 rings (SSSR count). The first-order valence-corrected chi connectivity index (χ1v) is 12.3. The second-order valence-electron chi connectivity index (χ2n) is 8.57. The number of likely N-dealkylation sites (tertiary alicyclic amines) is 1. The van der Waals surface area contributed by atoms with E-state index < -0.39 is 14.6 Å². The molecule has 2 heterocycles. The molecule has 0 aliphatic carbocycles. The summed E-state index contributed by atoms with van der Waals surface area (Å²) in [5.41, 5.74) is 2.19. The fourth-order valence-corrected chi connectivity index (χ4v) is 5.61. The number of carbonyl (C=O) groups is 1. The van der Waals surface area contributed by atoms with Crippen molar-refractivity contribution in [3.63, 3.8) is 0 Å². The molecule has 0 saturated carbocycles. The quantitative estimate of drug-likeness (QED) is 0.721. The normalized spacial score (nSPS) is 16.3. The van der Waals surface area contributed by atoms with Gasteiger partial charge in [-0.2, -0.15) is 0 Å². The van der Waals surface area contributed by atoms with Gasteiger partial charge >= 0.3 is 0 Å². The maximum Gasteiger partial charge on any atom is 0.226 e. The van der Waals surface area contributed by atoms with Gasteiger partial charge in [0, 0.05) is 18.0 Å². The number of piperidine rings is 1. The van der Waals surface area contributed by atoms with Crippen LogP contribution in [0.15, 0.2) is 41.8 Å². The van der Waals surface area contributed by atoms with Crippen LogP contribution in [0.3, 0.4) is 0 Å². The molecule has 28 heavy (non-hydrogen) atoms. The molecule has 6 heteroatoms. The zero-order valence-electron chi connectivity index (χ0n) is 16.8. The molecule has 1 aliphatic rings. The number of thiophene rings is 1. The summed E-state index contributed by atoms with van der Waals surface area (Å²) in [5.74, 6) is 0.502. The highest BCUT2D eigenvalue weighted by molar-refractivity contribution is 7.92. The summed E-state index contributed by atoms with van der Waals surface area (Å²) < 4.78 is 24.1. The number of amides is 1. The summed E-state index contributed by atoms with van der Waals surface area (Å²) >= 11 is 1.71. The number of hydrogen-bond acceptors (Lipinski definition) is 4. The molecule has 1 saturated heterocycles. The first-order chi connectivity index (χ1) is 13.2. The van der Waals surface area contributed by atoms with E-state index in [1.165, 1.54) is 10.4 Å². The van der Waals surface area contributed by atoms with Gasteiger partial charge in [0.1, 0.15) is 0 Å². The number of nitrogens with zero attached hydrogens (tertiary/aromatic N) is 1. The monoisotopic (exact) mass is 419 g/mol. The highest BCUT2D eigenvalue weighted by Gasteiger charge is 2.33. The van der Waals surface area contributed by atoms with Crippen LogP contribution in [0, 0.1) is 5.92 Å². The number of hydrogen-bond donors (Lipinski definition) is 0. The summed E-state index contributed by atoms with van der Waals surface area (Å²) in [4.78, 5) is 15.8. The number of carbonyl (C=O) groups excluding carboxylic acids is 1. The third-order valence-electron chi connectivity index (χ3n) is 5.47. The molecular formula is C22H29NO3S2. The van der Waals surface area contributed by atoms with E-state index in [0.29, 0.717) is 19.5 Å². The maximum absolute atomic E-state index is 12.6. The summed E-state index contributed by atoms with van der Waals surface area (Å²) in [6, 6.07) is 12.3. The molecule has 0 spiro atoms. The summed E-state index contributed by atoms with van der Waals surface area (Å²) in [6.45, 7) is 6.56. The van der Waals surface area contributed by atoms with Gasteiger partial charge in [-0.25, -0.2) is 8.42 Å². The molecule has 1 aromatic carbocycles. The second kappa shape index (κ2) is 8.37. The van der Waals surface area contributed by atoms with Crippen molar-refractivity contribution in [2.75, 3.05) is 18.8 Å². The van der Waals surface area contributed by atoms with Crippen LogP contribution in [0.4, 0.5) is 0 Å². The van der Waals surface area contributed by atoms with E-state index in [4.69, 9.17) is 0 Å². The fraction of sp³-hybridized carbons (Fsp3) is 0.500. The lowest BCUT2D eigenvalue weighted by Gasteiger charge is -2.33. The lowest BCUT2D eigenvalue weighted by atomic mass is 9.98. The Labute approximate surface area is 172 Å². The van der Waals surface area contributed by atoms with Crippen LogP contribution in [0.2, 0.25) is 0 Å². The molecule has 152 valence electrons. The highest BCUT2D eigenvalue weighted by atomic mass is 32.2. The Kier molecular flexibility index (Phi) is 6.30. The van der Waals surface area contributed by atoms with Crippen molar-refractivity contribution in [1.82, 2.24) is 4.90 Å². The van der Waals surface area contributed by atoms with Crippen LogP contribution in [0.5, 0.6) is 0 Å². The van der Waals surface area contributed by atoms with Crippen molar-refractivity contribution in [2.24, 2.45) is 5.92 Å². The van der Waals surface area contributed by atoms with E-state index >= 15 is 0 Å². The van der Waals surface area contributed by atoms with Gasteiger partial charge in [-0.1, -0.05) is 30.3 Å². The van der Waals surface area contributed by atoms with Gasteiger partial charge in [0.05, 0.1) is 16.9 Å². The minimum atomic E-state index is -3.11. The SMILES string of the molecule is CC(C)(C)S(=O)(=O)CC1CCN(C(=O)Cc2ccc(-c3cccs3)cc2)CC1. The van der Waals surface area contributed by atoms with Gasteiger partial charge in [0.2, 0.25) is 5.91 Å². The topological polar surface area (TPSA) is 54.5 Å². The summed E-state index contributed by atoms with van der Waals surface area (Å²) in [7, 11) is -3.11. The van der Waals surface area contributed by atoms with Crippen molar-refractivity contribution in [1.29, 1.82) is 0 Å². The third kappa shape index (κ3) is 5.03. The molecule has 0 bridgehead atoms. The zero-order chi connectivity index (χ0) is 20.4. The first kappa shape index (κ1) is 21.1. The lowest BCUT2D eigenvalue weighted by molar-refractivity contribution is -0.131. The van der Waals surface area contributed by atoms with Gasteiger partial charge in [-0.05, 0) is 62.1 Å². The van der Waals surface area contributed by atoms with Gasteiger partial charge in [0.25, 0.3) is 0 Å². The molecule has 1 amide bonds. The minimum absolute atomic E-state index is 0.126. The van der Waals surface area contributed by atoms with Crippen LogP contribution in [0.1, 0.15) is 39.2 Å². The molecule has 0 radical (unpaired) electrons. The van der Waals surface area contributed by atoms with Crippen LogP contribution in [0.25, 0.3) is 10.4 Å². The maximum atomic E-state index is 12.6. The number of rotatable bonds is 5. The van der Waals surface area contributed by atoms with Crippen molar-refractivity contribution in [3.05, 3.63) is 47.3 Å². The minimum Gasteiger partial charge on any atom is -0.342 e. The van der Waals surface area contributed by atoms with E-state index in [9.17, 15) is 13.2 Å². The molecule has 0 N–H and O–H groups in total. The Balaban J connectivity index is 1.51. The van der Waals surface area contributed by atoms with E-state index in [1.807, 2.05) is 23.1 Å². The summed E-state index contributed by atoms with van der Waals surface area (Å²) in [5, 5.41) is 2.06. The average Bonchev–Trinajstić information content (AvgIpc) is 3.16. The molecule has 0 unspecified atom stereocenters. The van der Waals surface area contributed by atoms with E-state index in [2.05, 4.69) is 23.6 Å². The predicted molar refractivity (Wildman–Crippen MR) is 116 cm³/mol. The Bertz CT molecular complexity index is 886. The Morgan fingerprint density at radius 1 is 1.11 bits per heavy atom. The molecular weight excluding hydrogens is 390 g/mol. The second-order valence-corrected chi connectivity index (χ2v) is 12.3. The summed E-state index contributed by atoms with van der Waals surface area (Å²) in [6.07, 6.45) is 1.92. The van der Waals surface area contributed by atoms with E-state index in [-0.39, 0.29) is 17.6 Å². The van der Waals surface area contributed by atoms with Crippen LogP contribution in [-0.2, 0) is 21.1 Å². The van der Waals surface area contributed by atoms with Crippen LogP contribution < -0.4 is 0 Å². The van der Waals surface area contributed by atoms with E-state index in [0.717, 1.165) is 18.4 Å². The van der Waals surface area contributed by atoms with Crippen molar-refractivity contribution < 1.29 is 13.2 Å². The van der Waals surface area contributed by atoms with Crippen LogP contribution in [-0.4, -0.2) is 42.8 Å². The largest absolute Gasteiger partial charge is 0.342 e.